The van der Waals surface area contributed by atoms with E-state index in [2.05, 4.69) is 15.0 Å². The highest BCUT2D eigenvalue weighted by atomic mass is 32.2. The van der Waals surface area contributed by atoms with Gasteiger partial charge in [0, 0.05) is 16.6 Å². The van der Waals surface area contributed by atoms with Crippen LogP contribution in [0, 0.1) is 0 Å². The first-order chi connectivity index (χ1) is 12.6. The molecule has 0 saturated carbocycles. The molecule has 1 heterocycles. The van der Waals surface area contributed by atoms with Crippen molar-refractivity contribution in [2.24, 2.45) is 11.5 Å². The highest BCUT2D eigenvalue weighted by molar-refractivity contribution is 7.92. The summed E-state index contributed by atoms with van der Waals surface area (Å²) < 4.78 is 25.2. The predicted molar refractivity (Wildman–Crippen MR) is 104 cm³/mol. The number of aromatic nitrogens is 1. The van der Waals surface area contributed by atoms with E-state index in [1.165, 1.54) is 0 Å². The number of nitrogens with one attached hydrogen (secondary N) is 3. The first-order valence-electron chi connectivity index (χ1n) is 7.74. The van der Waals surface area contributed by atoms with Crippen LogP contribution in [0.15, 0.2) is 42.5 Å². The van der Waals surface area contributed by atoms with Crippen molar-refractivity contribution in [2.75, 3.05) is 16.3 Å². The van der Waals surface area contributed by atoms with Crippen LogP contribution in [0.3, 0.4) is 0 Å². The average Bonchev–Trinajstić information content (AvgIpc) is 2.89. The standard InChI is InChI=1S/C17H17N5O4S/c1-27(25,26)22-11-4-2-3-9(7-11)10-5-6-12-13(8-10)20-16(21-17(19)24)14(12)15(18)23/h2-8,20,22H,1H3,(H2,18,23)(H3,19,21,24). The number of rotatable bonds is 5. The van der Waals surface area contributed by atoms with E-state index in [9.17, 15) is 18.0 Å². The van der Waals surface area contributed by atoms with Crippen LogP contribution < -0.4 is 21.5 Å². The molecule has 10 heteroatoms. The van der Waals surface area contributed by atoms with Crippen molar-refractivity contribution >= 4 is 44.4 Å². The van der Waals surface area contributed by atoms with Crippen molar-refractivity contribution in [3.8, 4) is 11.1 Å². The summed E-state index contributed by atoms with van der Waals surface area (Å²) in [6, 6.07) is 11.2. The second kappa shape index (κ2) is 6.65. The molecular weight excluding hydrogens is 370 g/mol. The maximum Gasteiger partial charge on any atom is 0.317 e. The molecule has 0 radical (unpaired) electrons. The van der Waals surface area contributed by atoms with Gasteiger partial charge in [-0.1, -0.05) is 24.3 Å². The molecule has 0 bridgehead atoms. The van der Waals surface area contributed by atoms with E-state index in [1.54, 1.807) is 36.4 Å². The number of sulfonamides is 1. The van der Waals surface area contributed by atoms with Gasteiger partial charge in [0.05, 0.1) is 11.8 Å². The lowest BCUT2D eigenvalue weighted by Crippen LogP contribution is -2.22. The van der Waals surface area contributed by atoms with Gasteiger partial charge in [-0.25, -0.2) is 13.2 Å². The van der Waals surface area contributed by atoms with Crippen molar-refractivity contribution in [2.45, 2.75) is 0 Å². The van der Waals surface area contributed by atoms with Crippen LogP contribution in [0.4, 0.5) is 16.3 Å². The molecule has 3 rings (SSSR count). The van der Waals surface area contributed by atoms with Gasteiger partial charge >= 0.3 is 6.03 Å². The summed E-state index contributed by atoms with van der Waals surface area (Å²) in [5, 5.41) is 2.87. The molecule has 140 valence electrons. The number of anilines is 2. The zero-order valence-corrected chi connectivity index (χ0v) is 15.1. The molecule has 2 aromatic carbocycles. The van der Waals surface area contributed by atoms with Crippen LogP contribution in [-0.2, 0) is 10.0 Å². The third kappa shape index (κ3) is 4.01. The summed E-state index contributed by atoms with van der Waals surface area (Å²) in [6.07, 6.45) is 1.07. The Morgan fingerprint density at radius 1 is 1.04 bits per heavy atom. The van der Waals surface area contributed by atoms with Crippen molar-refractivity contribution in [1.29, 1.82) is 0 Å². The zero-order chi connectivity index (χ0) is 19.8. The first kappa shape index (κ1) is 18.3. The average molecular weight is 387 g/mol. The molecule has 0 aliphatic rings. The fourth-order valence-corrected chi connectivity index (χ4v) is 3.38. The van der Waals surface area contributed by atoms with Crippen molar-refractivity contribution in [1.82, 2.24) is 4.98 Å². The normalized spacial score (nSPS) is 11.3. The maximum absolute atomic E-state index is 11.8. The largest absolute Gasteiger partial charge is 0.365 e. The maximum atomic E-state index is 11.8. The summed E-state index contributed by atoms with van der Waals surface area (Å²) in [4.78, 5) is 25.8. The van der Waals surface area contributed by atoms with Crippen molar-refractivity contribution < 1.29 is 18.0 Å². The monoisotopic (exact) mass is 387 g/mol. The van der Waals surface area contributed by atoms with Gasteiger partial charge < -0.3 is 16.5 Å². The third-order valence-corrected chi connectivity index (χ3v) is 4.40. The summed E-state index contributed by atoms with van der Waals surface area (Å²) in [5.74, 6) is -0.591. The van der Waals surface area contributed by atoms with Crippen LogP contribution in [0.5, 0.6) is 0 Å². The van der Waals surface area contributed by atoms with E-state index < -0.39 is 22.0 Å². The van der Waals surface area contributed by atoms with Gasteiger partial charge in [0.1, 0.15) is 5.82 Å². The van der Waals surface area contributed by atoms with Gasteiger partial charge in [-0.2, -0.15) is 0 Å². The van der Waals surface area contributed by atoms with E-state index in [4.69, 9.17) is 11.5 Å². The molecule has 0 unspecified atom stereocenters. The number of carbonyl (C=O) groups excluding carboxylic acids is 2. The Morgan fingerprint density at radius 2 is 1.74 bits per heavy atom. The number of hydrogen-bond acceptors (Lipinski definition) is 4. The Hall–Kier alpha value is -3.53. The Labute approximate surface area is 154 Å². The van der Waals surface area contributed by atoms with E-state index in [0.717, 1.165) is 17.4 Å². The van der Waals surface area contributed by atoms with Gasteiger partial charge in [-0.15, -0.1) is 0 Å². The molecular formula is C17H17N5O4S. The quantitative estimate of drug-likeness (QED) is 0.451. The highest BCUT2D eigenvalue weighted by Gasteiger charge is 2.18. The molecule has 0 aliphatic heterocycles. The molecule has 0 aliphatic carbocycles. The number of primary amides is 2. The van der Waals surface area contributed by atoms with Crippen molar-refractivity contribution in [3.63, 3.8) is 0 Å². The third-order valence-electron chi connectivity index (χ3n) is 3.79. The van der Waals surface area contributed by atoms with Gasteiger partial charge in [0.2, 0.25) is 10.0 Å². The molecule has 1 aromatic heterocycles. The fraction of sp³-hybridized carbons (Fsp3) is 0.0588. The molecule has 9 nitrogen and oxygen atoms in total. The molecule has 0 atom stereocenters. The number of nitrogens with two attached hydrogens (primary N) is 2. The fourth-order valence-electron chi connectivity index (χ4n) is 2.83. The Balaban J connectivity index is 2.08. The smallest absolute Gasteiger partial charge is 0.317 e. The molecule has 0 spiro atoms. The van der Waals surface area contributed by atoms with Gasteiger partial charge in [-0.05, 0) is 29.3 Å². The van der Waals surface area contributed by atoms with Gasteiger partial charge in [0.15, 0.2) is 0 Å². The lowest BCUT2D eigenvalue weighted by atomic mass is 10.0. The van der Waals surface area contributed by atoms with Crippen LogP contribution in [0.25, 0.3) is 22.0 Å². The van der Waals surface area contributed by atoms with Crippen LogP contribution in [-0.4, -0.2) is 31.6 Å². The van der Waals surface area contributed by atoms with Gasteiger partial charge in [0.25, 0.3) is 5.91 Å². The summed E-state index contributed by atoms with van der Waals surface area (Å²) in [7, 11) is -3.39. The number of H-pyrrole nitrogens is 1. The van der Waals surface area contributed by atoms with E-state index >= 15 is 0 Å². The Morgan fingerprint density at radius 3 is 2.37 bits per heavy atom. The number of hydrogen-bond donors (Lipinski definition) is 5. The van der Waals surface area contributed by atoms with Crippen LogP contribution in [0.1, 0.15) is 10.4 Å². The Kier molecular flexibility index (Phi) is 4.50. The summed E-state index contributed by atoms with van der Waals surface area (Å²) in [5.41, 5.74) is 13.2. The molecule has 27 heavy (non-hydrogen) atoms. The lowest BCUT2D eigenvalue weighted by Gasteiger charge is -2.07. The predicted octanol–water partition coefficient (Wildman–Crippen LogP) is 1.80. The molecule has 0 saturated heterocycles. The summed E-state index contributed by atoms with van der Waals surface area (Å²) in [6.45, 7) is 0. The number of aromatic amines is 1. The number of carbonyl (C=O) groups is 2. The molecule has 7 N–H and O–H groups in total. The Bertz CT molecular complexity index is 1170. The van der Waals surface area contributed by atoms with Gasteiger partial charge in [-0.3, -0.25) is 14.8 Å². The van der Waals surface area contributed by atoms with E-state index in [-0.39, 0.29) is 11.4 Å². The first-order valence-corrected chi connectivity index (χ1v) is 9.63. The molecule has 3 aromatic rings. The second-order valence-electron chi connectivity index (χ2n) is 5.94. The van der Waals surface area contributed by atoms with Crippen molar-refractivity contribution in [3.05, 3.63) is 48.0 Å². The molecule has 3 amide bonds. The van der Waals surface area contributed by atoms with Crippen LogP contribution >= 0.6 is 0 Å². The zero-order valence-electron chi connectivity index (χ0n) is 14.2. The van der Waals surface area contributed by atoms with E-state index in [1.807, 2.05) is 6.07 Å². The van der Waals surface area contributed by atoms with Crippen LogP contribution in [0.2, 0.25) is 0 Å². The molecule has 0 fully saturated rings. The second-order valence-corrected chi connectivity index (χ2v) is 7.69. The topological polar surface area (TPSA) is 160 Å². The van der Waals surface area contributed by atoms with E-state index in [0.29, 0.717) is 16.6 Å². The number of benzene rings is 2. The minimum Gasteiger partial charge on any atom is -0.365 e. The summed E-state index contributed by atoms with van der Waals surface area (Å²) >= 11 is 0. The lowest BCUT2D eigenvalue weighted by molar-refractivity contribution is 0.100. The number of urea groups is 1. The number of fused-ring (bicyclic) bond motifs is 1. The minimum atomic E-state index is -3.39. The highest BCUT2D eigenvalue weighted by Crippen LogP contribution is 2.31. The number of amides is 3. The minimum absolute atomic E-state index is 0.120. The SMILES string of the molecule is CS(=O)(=O)Nc1cccc(-c2ccc3c(C(N)=O)c(NC(N)=O)[nH]c3c2)c1.